The van der Waals surface area contributed by atoms with Gasteiger partial charge in [0.25, 0.3) is 0 Å². The molecule has 1 N–H and O–H groups in total. The average Bonchev–Trinajstić information content (AvgIpc) is 3.40. The Morgan fingerprint density at radius 2 is 1.97 bits per heavy atom. The summed E-state index contributed by atoms with van der Waals surface area (Å²) in [6.45, 7) is 4.12. The Morgan fingerprint density at radius 3 is 2.71 bits per heavy atom. The van der Waals surface area contributed by atoms with Crippen molar-refractivity contribution in [2.24, 2.45) is 0 Å². The first kappa shape index (κ1) is 25.2. The molecule has 0 aliphatic carbocycles. The fourth-order valence-electron chi connectivity index (χ4n) is 4.55. The number of alkyl halides is 3. The highest BCUT2D eigenvalue weighted by atomic mass is 19.4. The molecular formula is C25H24F3N7O3. The van der Waals surface area contributed by atoms with Crippen LogP contribution in [-0.2, 0) is 24.3 Å². The molecule has 0 saturated heterocycles. The lowest BCUT2D eigenvalue weighted by Gasteiger charge is -2.33. The van der Waals surface area contributed by atoms with Crippen molar-refractivity contribution in [3.05, 3.63) is 59.8 Å². The molecule has 0 bridgehead atoms. The summed E-state index contributed by atoms with van der Waals surface area (Å²) < 4.78 is 46.4. The molecule has 0 saturated carbocycles. The van der Waals surface area contributed by atoms with E-state index in [1.165, 1.54) is 30.8 Å². The number of amides is 2. The normalized spacial score (nSPS) is 15.4. The maximum Gasteiger partial charge on any atom is 0.408 e. The molecule has 198 valence electrons. The van der Waals surface area contributed by atoms with Gasteiger partial charge in [0.1, 0.15) is 18.6 Å². The first-order chi connectivity index (χ1) is 18.0. The van der Waals surface area contributed by atoms with Gasteiger partial charge in [0.05, 0.1) is 17.8 Å². The number of aromatic nitrogens is 5. The molecule has 3 aromatic heterocycles. The molecule has 2 amide bonds. The first-order valence-corrected chi connectivity index (χ1v) is 11.8. The van der Waals surface area contributed by atoms with Crippen molar-refractivity contribution in [3.63, 3.8) is 0 Å². The van der Waals surface area contributed by atoms with Gasteiger partial charge in [-0.15, -0.1) is 0 Å². The zero-order chi connectivity index (χ0) is 27.2. The van der Waals surface area contributed by atoms with E-state index in [1.54, 1.807) is 35.4 Å². The van der Waals surface area contributed by atoms with Crippen LogP contribution in [-0.4, -0.2) is 53.4 Å². The van der Waals surface area contributed by atoms with Crippen LogP contribution < -0.4 is 10.1 Å². The number of hydrogen-bond acceptors (Lipinski definition) is 6. The highest BCUT2D eigenvalue weighted by Crippen LogP contribution is 2.32. The predicted molar refractivity (Wildman–Crippen MR) is 131 cm³/mol. The lowest BCUT2D eigenvalue weighted by atomic mass is 9.99. The third kappa shape index (κ3) is 5.04. The number of carbonyl (C=O) groups is 2. The Balaban J connectivity index is 1.34. The van der Waals surface area contributed by atoms with E-state index in [-0.39, 0.29) is 23.5 Å². The second kappa shape index (κ2) is 9.47. The fraction of sp³-hybridized carbons (Fsp3) is 0.320. The summed E-state index contributed by atoms with van der Waals surface area (Å²) in [5.74, 6) is 0.906. The van der Waals surface area contributed by atoms with Gasteiger partial charge in [-0.1, -0.05) is 0 Å². The Morgan fingerprint density at radius 1 is 1.18 bits per heavy atom. The van der Waals surface area contributed by atoms with Crippen LogP contribution in [0.4, 0.5) is 23.8 Å². The molecule has 13 heteroatoms. The van der Waals surface area contributed by atoms with Crippen molar-refractivity contribution in [1.29, 1.82) is 0 Å². The molecule has 38 heavy (non-hydrogen) atoms. The average molecular weight is 528 g/mol. The number of anilines is 1. The van der Waals surface area contributed by atoms with Crippen LogP contribution in [0.5, 0.6) is 11.6 Å². The van der Waals surface area contributed by atoms with Crippen LogP contribution in [0.2, 0.25) is 0 Å². The summed E-state index contributed by atoms with van der Waals surface area (Å²) in [6, 6.07) is 7.65. The standard InChI is InChI=1S/C25H24F3N7O3/c1-14-8-19-20(11-34(14)16(3)36)29-13-30-23(19)38-18-4-5-21-17(10-18)6-7-33(21)24(37)31-22-9-15(2)35(32-22)12-25(26,27)28/h4-7,9-10,13-14H,8,11-12H2,1-3H3,(H,31,32,37)/t14-/m0/s1. The molecule has 10 nitrogen and oxygen atoms in total. The van der Waals surface area contributed by atoms with E-state index in [2.05, 4.69) is 20.4 Å². The van der Waals surface area contributed by atoms with E-state index >= 15 is 0 Å². The lowest BCUT2D eigenvalue weighted by Crippen LogP contribution is -2.41. The minimum absolute atomic E-state index is 0.0182. The summed E-state index contributed by atoms with van der Waals surface area (Å²) in [7, 11) is 0. The van der Waals surface area contributed by atoms with Crippen molar-refractivity contribution >= 4 is 28.7 Å². The molecule has 1 aliphatic rings. The number of benzene rings is 1. The summed E-state index contributed by atoms with van der Waals surface area (Å²) in [6.07, 6.45) is -0.914. The van der Waals surface area contributed by atoms with E-state index in [1.807, 2.05) is 6.92 Å². The van der Waals surface area contributed by atoms with E-state index in [0.29, 0.717) is 35.5 Å². The zero-order valence-electron chi connectivity index (χ0n) is 20.8. The van der Waals surface area contributed by atoms with Crippen LogP contribution in [0.1, 0.15) is 30.8 Å². The summed E-state index contributed by atoms with van der Waals surface area (Å²) in [5, 5.41) is 7.08. The SMILES string of the molecule is CC(=O)N1Cc2ncnc(Oc3ccc4c(ccn4C(=O)Nc4cc(C)n(CC(F)(F)F)n4)c3)c2C[C@@H]1C. The molecule has 0 fully saturated rings. The highest BCUT2D eigenvalue weighted by Gasteiger charge is 2.30. The van der Waals surface area contributed by atoms with Crippen molar-refractivity contribution in [2.45, 2.75) is 52.5 Å². The third-order valence-corrected chi connectivity index (χ3v) is 6.39. The minimum Gasteiger partial charge on any atom is -0.439 e. The van der Waals surface area contributed by atoms with Gasteiger partial charge in [0.2, 0.25) is 11.8 Å². The maximum absolute atomic E-state index is 12.8. The van der Waals surface area contributed by atoms with Gasteiger partial charge in [-0.3, -0.25) is 19.4 Å². The number of halogens is 3. The van der Waals surface area contributed by atoms with Crippen molar-refractivity contribution < 1.29 is 27.5 Å². The van der Waals surface area contributed by atoms with Crippen molar-refractivity contribution in [2.75, 3.05) is 5.32 Å². The van der Waals surface area contributed by atoms with Gasteiger partial charge in [0, 0.05) is 41.9 Å². The van der Waals surface area contributed by atoms with Gasteiger partial charge >= 0.3 is 12.2 Å². The number of aryl methyl sites for hydroxylation is 1. The van der Waals surface area contributed by atoms with Gasteiger partial charge in [-0.05, 0) is 44.5 Å². The first-order valence-electron chi connectivity index (χ1n) is 11.8. The number of hydrogen-bond donors (Lipinski definition) is 1. The number of carbonyl (C=O) groups excluding carboxylic acids is 2. The second-order valence-corrected chi connectivity index (χ2v) is 9.19. The van der Waals surface area contributed by atoms with Crippen LogP contribution in [0.15, 0.2) is 42.9 Å². The van der Waals surface area contributed by atoms with E-state index in [0.717, 1.165) is 15.9 Å². The smallest absolute Gasteiger partial charge is 0.408 e. The van der Waals surface area contributed by atoms with Gasteiger partial charge < -0.3 is 9.64 Å². The molecule has 1 aromatic carbocycles. The molecule has 1 aliphatic heterocycles. The molecule has 0 unspecified atom stereocenters. The molecule has 4 heterocycles. The monoisotopic (exact) mass is 527 g/mol. The van der Waals surface area contributed by atoms with E-state index in [9.17, 15) is 22.8 Å². The van der Waals surface area contributed by atoms with Gasteiger partial charge in [0.15, 0.2) is 5.82 Å². The molecule has 1 atom stereocenters. The summed E-state index contributed by atoms with van der Waals surface area (Å²) in [4.78, 5) is 35.1. The number of ether oxygens (including phenoxy) is 1. The highest BCUT2D eigenvalue weighted by molar-refractivity contribution is 5.98. The molecule has 0 radical (unpaired) electrons. The molecular weight excluding hydrogens is 503 g/mol. The Kier molecular flexibility index (Phi) is 6.29. The molecule has 5 rings (SSSR count). The van der Waals surface area contributed by atoms with Gasteiger partial charge in [-0.25, -0.2) is 14.8 Å². The number of nitrogens with zero attached hydrogens (tertiary/aromatic N) is 6. The van der Waals surface area contributed by atoms with Gasteiger partial charge in [-0.2, -0.15) is 18.3 Å². The fourth-order valence-corrected chi connectivity index (χ4v) is 4.55. The predicted octanol–water partition coefficient (Wildman–Crippen LogP) is 4.66. The Bertz CT molecular complexity index is 1540. The van der Waals surface area contributed by atoms with E-state index in [4.69, 9.17) is 4.74 Å². The van der Waals surface area contributed by atoms with Crippen LogP contribution >= 0.6 is 0 Å². The minimum atomic E-state index is -4.42. The summed E-state index contributed by atoms with van der Waals surface area (Å²) in [5.41, 5.74) is 2.42. The van der Waals surface area contributed by atoms with Crippen molar-refractivity contribution in [3.8, 4) is 11.6 Å². The van der Waals surface area contributed by atoms with E-state index < -0.39 is 18.8 Å². The van der Waals surface area contributed by atoms with Crippen LogP contribution in [0, 0.1) is 6.92 Å². The Hall–Kier alpha value is -4.42. The zero-order valence-corrected chi connectivity index (χ0v) is 20.8. The number of fused-ring (bicyclic) bond motifs is 2. The summed E-state index contributed by atoms with van der Waals surface area (Å²) >= 11 is 0. The third-order valence-electron chi connectivity index (χ3n) is 6.39. The quantitative estimate of drug-likeness (QED) is 0.414. The largest absolute Gasteiger partial charge is 0.439 e. The topological polar surface area (TPSA) is 107 Å². The van der Waals surface area contributed by atoms with Crippen LogP contribution in [0.3, 0.4) is 0 Å². The lowest BCUT2D eigenvalue weighted by molar-refractivity contribution is -0.142. The molecule has 0 spiro atoms. The van der Waals surface area contributed by atoms with Crippen molar-refractivity contribution in [1.82, 2.24) is 29.2 Å². The maximum atomic E-state index is 12.8. The number of nitrogens with one attached hydrogen (secondary N) is 1. The number of rotatable bonds is 4. The Labute approximate surface area is 215 Å². The molecule has 4 aromatic rings. The second-order valence-electron chi connectivity index (χ2n) is 9.19. The van der Waals surface area contributed by atoms with Crippen LogP contribution in [0.25, 0.3) is 10.9 Å².